The largest absolute Gasteiger partial charge is 0.464 e. The maximum Gasteiger partial charge on any atom is 0.218 e. The van der Waals surface area contributed by atoms with Crippen LogP contribution in [0.1, 0.15) is 11.5 Å². The van der Waals surface area contributed by atoms with Gasteiger partial charge in [-0.15, -0.1) is 6.42 Å². The van der Waals surface area contributed by atoms with Gasteiger partial charge in [0, 0.05) is 6.07 Å². The highest BCUT2D eigenvalue weighted by molar-refractivity contribution is 5.26. The van der Waals surface area contributed by atoms with Crippen LogP contribution in [0.3, 0.4) is 0 Å². The molecule has 0 bridgehead atoms. The fourth-order valence-electron chi connectivity index (χ4n) is 0.787. The molecule has 0 aliphatic carbocycles. The Kier molecular flexibility index (Phi) is 2.83. The van der Waals surface area contributed by atoms with Crippen molar-refractivity contribution in [3.8, 4) is 24.3 Å². The van der Waals surface area contributed by atoms with Crippen LogP contribution in [-0.2, 0) is 0 Å². The zero-order valence-electron chi connectivity index (χ0n) is 7.11. The summed E-state index contributed by atoms with van der Waals surface area (Å²) in [6.07, 6.45) is 5.00. The molecular formula is C9H7N3O. The van der Waals surface area contributed by atoms with Crippen LogP contribution in [0.25, 0.3) is 0 Å². The van der Waals surface area contributed by atoms with Crippen molar-refractivity contribution in [3.05, 3.63) is 17.6 Å². The zero-order chi connectivity index (χ0) is 9.68. The normalized spacial score (nSPS) is 8.54. The molecule has 0 aliphatic rings. The van der Waals surface area contributed by atoms with Gasteiger partial charge in [0.2, 0.25) is 5.88 Å². The second-order valence-corrected chi connectivity index (χ2v) is 2.24. The predicted octanol–water partition coefficient (Wildman–Crippen LogP) is 0.669. The van der Waals surface area contributed by atoms with Crippen LogP contribution < -0.4 is 4.74 Å². The molecule has 0 saturated carbocycles. The number of aromatic nitrogens is 2. The molecule has 0 unspecified atom stereocenters. The number of hydrogen-bond acceptors (Lipinski definition) is 4. The van der Waals surface area contributed by atoms with Crippen molar-refractivity contribution < 1.29 is 4.74 Å². The highest BCUT2D eigenvalue weighted by atomic mass is 16.5. The van der Waals surface area contributed by atoms with E-state index in [9.17, 15) is 0 Å². The third kappa shape index (κ3) is 2.46. The van der Waals surface area contributed by atoms with E-state index in [0.717, 1.165) is 0 Å². The van der Waals surface area contributed by atoms with E-state index in [1.54, 1.807) is 6.92 Å². The van der Waals surface area contributed by atoms with Crippen molar-refractivity contribution in [3.63, 3.8) is 0 Å². The predicted molar refractivity (Wildman–Crippen MR) is 45.8 cm³/mol. The summed E-state index contributed by atoms with van der Waals surface area (Å²) in [5, 5.41) is 8.58. The Bertz CT molecular complexity index is 387. The van der Waals surface area contributed by atoms with Crippen LogP contribution in [0.4, 0.5) is 0 Å². The van der Waals surface area contributed by atoms with Crippen LogP contribution in [0.5, 0.6) is 5.88 Å². The summed E-state index contributed by atoms with van der Waals surface area (Å²) in [6, 6.07) is 3.35. The molecule has 1 aromatic heterocycles. The number of ether oxygens (including phenoxy) is 1. The first kappa shape index (κ1) is 9.02. The first-order valence-corrected chi connectivity index (χ1v) is 3.58. The van der Waals surface area contributed by atoms with E-state index < -0.39 is 0 Å². The fourth-order valence-corrected chi connectivity index (χ4v) is 0.787. The van der Waals surface area contributed by atoms with Gasteiger partial charge in [0.1, 0.15) is 17.6 Å². The highest BCUT2D eigenvalue weighted by Crippen LogP contribution is 2.07. The van der Waals surface area contributed by atoms with Gasteiger partial charge in [-0.05, 0) is 6.92 Å². The van der Waals surface area contributed by atoms with Crippen molar-refractivity contribution in [1.82, 2.24) is 9.97 Å². The minimum Gasteiger partial charge on any atom is -0.464 e. The maximum absolute atomic E-state index is 8.58. The molecule has 0 N–H and O–H groups in total. The molecule has 0 fully saturated rings. The minimum absolute atomic E-state index is 0.140. The Morgan fingerprint density at radius 2 is 2.38 bits per heavy atom. The van der Waals surface area contributed by atoms with Crippen molar-refractivity contribution >= 4 is 0 Å². The van der Waals surface area contributed by atoms with E-state index in [0.29, 0.717) is 11.7 Å². The second-order valence-electron chi connectivity index (χ2n) is 2.24. The van der Waals surface area contributed by atoms with Gasteiger partial charge in [-0.1, -0.05) is 5.92 Å². The third-order valence-corrected chi connectivity index (χ3v) is 1.23. The topological polar surface area (TPSA) is 58.8 Å². The first-order chi connectivity index (χ1) is 6.26. The van der Waals surface area contributed by atoms with Crippen LogP contribution >= 0.6 is 0 Å². The van der Waals surface area contributed by atoms with E-state index in [-0.39, 0.29) is 12.3 Å². The summed E-state index contributed by atoms with van der Waals surface area (Å²) in [7, 11) is 0. The maximum atomic E-state index is 8.58. The summed E-state index contributed by atoms with van der Waals surface area (Å²) in [5.41, 5.74) is 0.277. The van der Waals surface area contributed by atoms with E-state index >= 15 is 0 Å². The van der Waals surface area contributed by atoms with E-state index in [1.165, 1.54) is 6.07 Å². The highest BCUT2D eigenvalue weighted by Gasteiger charge is 2.00. The summed E-state index contributed by atoms with van der Waals surface area (Å²) < 4.78 is 5.04. The number of hydrogen-bond donors (Lipinski definition) is 0. The van der Waals surface area contributed by atoms with Gasteiger partial charge in [-0.25, -0.2) is 4.98 Å². The smallest absolute Gasteiger partial charge is 0.218 e. The average Bonchev–Trinajstić information content (AvgIpc) is 2.14. The molecule has 0 atom stereocenters. The Hall–Kier alpha value is -2.07. The number of rotatable bonds is 2. The molecule has 0 amide bonds. The monoisotopic (exact) mass is 173 g/mol. The number of nitrogens with zero attached hydrogens (tertiary/aromatic N) is 3. The average molecular weight is 173 g/mol. The van der Waals surface area contributed by atoms with Gasteiger partial charge < -0.3 is 4.74 Å². The summed E-state index contributed by atoms with van der Waals surface area (Å²) in [4.78, 5) is 7.80. The molecule has 1 rings (SSSR count). The first-order valence-electron chi connectivity index (χ1n) is 3.58. The van der Waals surface area contributed by atoms with Gasteiger partial charge in [0.25, 0.3) is 0 Å². The van der Waals surface area contributed by atoms with Crippen LogP contribution in [-0.4, -0.2) is 16.6 Å². The molecule has 13 heavy (non-hydrogen) atoms. The Balaban J connectivity index is 2.91. The summed E-state index contributed by atoms with van der Waals surface area (Å²) >= 11 is 0. The quantitative estimate of drug-likeness (QED) is 0.617. The van der Waals surface area contributed by atoms with Crippen LogP contribution in [0.15, 0.2) is 6.07 Å². The Labute approximate surface area is 76.2 Å². The second kappa shape index (κ2) is 4.08. The van der Waals surface area contributed by atoms with Gasteiger partial charge >= 0.3 is 0 Å². The fraction of sp³-hybridized carbons (Fsp3) is 0.222. The molecular weight excluding hydrogens is 166 g/mol. The molecule has 0 spiro atoms. The summed E-state index contributed by atoms with van der Waals surface area (Å²) in [6.45, 7) is 1.82. The molecule has 0 aliphatic heterocycles. The van der Waals surface area contributed by atoms with Crippen LogP contribution in [0.2, 0.25) is 0 Å². The third-order valence-electron chi connectivity index (χ3n) is 1.23. The van der Waals surface area contributed by atoms with Crippen molar-refractivity contribution in [2.75, 3.05) is 6.61 Å². The standard InChI is InChI=1S/C9H7N3O/c1-3-4-13-9-5-8(6-10)11-7(2)12-9/h1,5H,4H2,2H3. The van der Waals surface area contributed by atoms with Crippen molar-refractivity contribution in [1.29, 1.82) is 5.26 Å². The molecule has 4 heteroatoms. The number of aryl methyl sites for hydroxylation is 1. The van der Waals surface area contributed by atoms with Gasteiger partial charge in [0.05, 0.1) is 0 Å². The van der Waals surface area contributed by atoms with E-state index in [2.05, 4.69) is 15.9 Å². The molecule has 1 heterocycles. The molecule has 0 saturated heterocycles. The van der Waals surface area contributed by atoms with E-state index in [4.69, 9.17) is 16.4 Å². The van der Waals surface area contributed by atoms with Crippen LogP contribution in [0, 0.1) is 30.6 Å². The number of nitriles is 1. The SMILES string of the molecule is C#CCOc1cc(C#N)nc(C)n1. The lowest BCUT2D eigenvalue weighted by Gasteiger charge is -2.01. The lowest BCUT2D eigenvalue weighted by atomic mass is 10.4. The molecule has 0 aromatic carbocycles. The van der Waals surface area contributed by atoms with Gasteiger partial charge in [-0.3, -0.25) is 0 Å². The summed E-state index contributed by atoms with van der Waals surface area (Å²) in [5.74, 6) is 3.13. The van der Waals surface area contributed by atoms with Crippen molar-refractivity contribution in [2.24, 2.45) is 0 Å². The number of terminal acetylenes is 1. The van der Waals surface area contributed by atoms with Gasteiger partial charge in [0.15, 0.2) is 6.61 Å². The Morgan fingerprint density at radius 1 is 1.62 bits per heavy atom. The zero-order valence-corrected chi connectivity index (χ0v) is 7.11. The van der Waals surface area contributed by atoms with Gasteiger partial charge in [-0.2, -0.15) is 10.2 Å². The Morgan fingerprint density at radius 3 is 3.00 bits per heavy atom. The lowest BCUT2D eigenvalue weighted by Crippen LogP contribution is -1.99. The lowest BCUT2D eigenvalue weighted by molar-refractivity contribution is 0.353. The molecule has 64 valence electrons. The molecule has 1 aromatic rings. The molecule has 0 radical (unpaired) electrons. The molecule has 4 nitrogen and oxygen atoms in total. The minimum atomic E-state index is 0.140. The van der Waals surface area contributed by atoms with E-state index in [1.807, 2.05) is 6.07 Å². The van der Waals surface area contributed by atoms with Crippen molar-refractivity contribution in [2.45, 2.75) is 6.92 Å².